The van der Waals surface area contributed by atoms with Gasteiger partial charge in [-0.2, -0.15) is 0 Å². The van der Waals surface area contributed by atoms with Crippen LogP contribution in [-0.2, 0) is 0 Å². The smallest absolute Gasteiger partial charge is 0.159 e. The maximum Gasteiger partial charge on any atom is 0.159 e. The van der Waals surface area contributed by atoms with Crippen LogP contribution in [-0.4, -0.2) is 10.8 Å². The van der Waals surface area contributed by atoms with Crippen LogP contribution in [0.2, 0.25) is 5.02 Å². The summed E-state index contributed by atoms with van der Waals surface area (Å²) in [6, 6.07) is 11.2. The van der Waals surface area contributed by atoms with Crippen molar-refractivity contribution in [2.24, 2.45) is 0 Å². The molecule has 0 aliphatic carbocycles. The molecule has 0 aliphatic heterocycles. The van der Waals surface area contributed by atoms with Gasteiger partial charge in [-0.05, 0) is 31.0 Å². The van der Waals surface area contributed by atoms with E-state index < -0.39 is 0 Å². The SMILES string of the molecule is CC(=O)c1cc(-c2ccccc2Cl)nc(C(C)C)c1. The summed E-state index contributed by atoms with van der Waals surface area (Å²) in [5.41, 5.74) is 3.19. The topological polar surface area (TPSA) is 30.0 Å². The zero-order valence-electron chi connectivity index (χ0n) is 11.3. The van der Waals surface area contributed by atoms with Crippen molar-refractivity contribution < 1.29 is 4.79 Å². The molecule has 2 aromatic rings. The molecule has 0 fully saturated rings. The summed E-state index contributed by atoms with van der Waals surface area (Å²) in [5, 5.41) is 0.644. The molecule has 19 heavy (non-hydrogen) atoms. The molecule has 3 heteroatoms. The molecule has 2 rings (SSSR count). The van der Waals surface area contributed by atoms with Gasteiger partial charge in [0.25, 0.3) is 0 Å². The molecule has 0 spiro atoms. The zero-order valence-corrected chi connectivity index (χ0v) is 12.0. The summed E-state index contributed by atoms with van der Waals surface area (Å²) in [6.07, 6.45) is 0. The average Bonchev–Trinajstić information content (AvgIpc) is 2.38. The van der Waals surface area contributed by atoms with Gasteiger partial charge in [0.05, 0.1) is 5.69 Å². The van der Waals surface area contributed by atoms with E-state index in [9.17, 15) is 4.79 Å². The van der Waals surface area contributed by atoms with Crippen LogP contribution >= 0.6 is 11.6 Å². The highest BCUT2D eigenvalue weighted by Gasteiger charge is 2.12. The first kappa shape index (κ1) is 13.8. The number of pyridine rings is 1. The Hall–Kier alpha value is -1.67. The summed E-state index contributed by atoms with van der Waals surface area (Å²) in [7, 11) is 0. The minimum Gasteiger partial charge on any atom is -0.295 e. The van der Waals surface area contributed by atoms with Crippen molar-refractivity contribution in [1.82, 2.24) is 4.98 Å². The Bertz CT molecular complexity index is 620. The van der Waals surface area contributed by atoms with Gasteiger partial charge in [0, 0.05) is 21.8 Å². The van der Waals surface area contributed by atoms with E-state index >= 15 is 0 Å². The molecule has 0 amide bonds. The van der Waals surface area contributed by atoms with Crippen molar-refractivity contribution in [2.45, 2.75) is 26.7 Å². The number of ketones is 1. The lowest BCUT2D eigenvalue weighted by molar-refractivity contribution is 0.101. The Morgan fingerprint density at radius 1 is 1.21 bits per heavy atom. The van der Waals surface area contributed by atoms with Gasteiger partial charge in [0.2, 0.25) is 0 Å². The average molecular weight is 274 g/mol. The molecule has 0 aliphatic rings. The van der Waals surface area contributed by atoms with Crippen LogP contribution in [0.25, 0.3) is 11.3 Å². The first-order valence-electron chi connectivity index (χ1n) is 6.27. The number of hydrogen-bond donors (Lipinski definition) is 0. The van der Waals surface area contributed by atoms with Crippen molar-refractivity contribution in [3.63, 3.8) is 0 Å². The summed E-state index contributed by atoms with van der Waals surface area (Å²) in [5.74, 6) is 0.304. The Kier molecular flexibility index (Phi) is 4.01. The normalized spacial score (nSPS) is 10.8. The summed E-state index contributed by atoms with van der Waals surface area (Å²) in [6.45, 7) is 5.68. The van der Waals surface area contributed by atoms with E-state index in [0.29, 0.717) is 10.6 Å². The lowest BCUT2D eigenvalue weighted by Gasteiger charge is -2.11. The second-order valence-electron chi connectivity index (χ2n) is 4.86. The van der Waals surface area contributed by atoms with E-state index in [0.717, 1.165) is 17.0 Å². The first-order chi connectivity index (χ1) is 8.99. The molecule has 0 atom stereocenters. The molecule has 1 heterocycles. The van der Waals surface area contributed by atoms with Crippen LogP contribution in [0.4, 0.5) is 0 Å². The molecule has 1 aromatic heterocycles. The van der Waals surface area contributed by atoms with Crippen LogP contribution in [0, 0.1) is 0 Å². The lowest BCUT2D eigenvalue weighted by atomic mass is 10.0. The maximum atomic E-state index is 11.6. The molecule has 0 saturated carbocycles. The second kappa shape index (κ2) is 5.54. The lowest BCUT2D eigenvalue weighted by Crippen LogP contribution is -2.01. The van der Waals surface area contributed by atoms with Crippen LogP contribution < -0.4 is 0 Å². The Morgan fingerprint density at radius 3 is 2.47 bits per heavy atom. The maximum absolute atomic E-state index is 11.6. The molecule has 0 N–H and O–H groups in total. The highest BCUT2D eigenvalue weighted by atomic mass is 35.5. The largest absolute Gasteiger partial charge is 0.295 e. The minimum absolute atomic E-state index is 0.0394. The van der Waals surface area contributed by atoms with E-state index in [1.54, 1.807) is 13.0 Å². The number of rotatable bonds is 3. The van der Waals surface area contributed by atoms with Crippen molar-refractivity contribution in [3.05, 3.63) is 52.7 Å². The number of carbonyl (C=O) groups excluding carboxylic acids is 1. The van der Waals surface area contributed by atoms with Gasteiger partial charge < -0.3 is 0 Å². The van der Waals surface area contributed by atoms with Gasteiger partial charge in [0.1, 0.15) is 0 Å². The standard InChI is InChI=1S/C16H16ClNO/c1-10(2)15-8-12(11(3)19)9-16(18-15)13-6-4-5-7-14(13)17/h4-10H,1-3H3. The molecule has 1 aromatic carbocycles. The van der Waals surface area contributed by atoms with Crippen molar-refractivity contribution in [2.75, 3.05) is 0 Å². The van der Waals surface area contributed by atoms with Crippen LogP contribution in [0.15, 0.2) is 36.4 Å². The number of benzene rings is 1. The monoisotopic (exact) mass is 273 g/mol. The van der Waals surface area contributed by atoms with Gasteiger partial charge in [-0.15, -0.1) is 0 Å². The minimum atomic E-state index is 0.0394. The molecular formula is C16H16ClNO. The number of carbonyl (C=O) groups is 1. The molecule has 0 unspecified atom stereocenters. The van der Waals surface area contributed by atoms with Gasteiger partial charge >= 0.3 is 0 Å². The van der Waals surface area contributed by atoms with Gasteiger partial charge in [-0.25, -0.2) is 0 Å². The highest BCUT2D eigenvalue weighted by molar-refractivity contribution is 6.33. The van der Waals surface area contributed by atoms with Crippen LogP contribution in [0.5, 0.6) is 0 Å². The number of nitrogens with zero attached hydrogens (tertiary/aromatic N) is 1. The van der Waals surface area contributed by atoms with Gasteiger partial charge in [-0.1, -0.05) is 43.6 Å². The number of aromatic nitrogens is 1. The van der Waals surface area contributed by atoms with E-state index in [-0.39, 0.29) is 11.7 Å². The van der Waals surface area contributed by atoms with Gasteiger partial charge in [-0.3, -0.25) is 9.78 Å². The number of hydrogen-bond acceptors (Lipinski definition) is 2. The molecule has 0 saturated heterocycles. The zero-order chi connectivity index (χ0) is 14.0. The quantitative estimate of drug-likeness (QED) is 0.757. The fraction of sp³-hybridized carbons (Fsp3) is 0.250. The van der Waals surface area contributed by atoms with E-state index in [2.05, 4.69) is 18.8 Å². The fourth-order valence-electron chi connectivity index (χ4n) is 1.86. The summed E-state index contributed by atoms with van der Waals surface area (Å²) < 4.78 is 0. The third-order valence-corrected chi connectivity index (χ3v) is 3.32. The first-order valence-corrected chi connectivity index (χ1v) is 6.64. The third-order valence-electron chi connectivity index (χ3n) is 2.99. The Labute approximate surface area is 118 Å². The van der Waals surface area contributed by atoms with Crippen molar-refractivity contribution in [3.8, 4) is 11.3 Å². The summed E-state index contributed by atoms with van der Waals surface area (Å²) >= 11 is 6.20. The highest BCUT2D eigenvalue weighted by Crippen LogP contribution is 2.28. The van der Waals surface area contributed by atoms with Gasteiger partial charge in [0.15, 0.2) is 5.78 Å². The van der Waals surface area contributed by atoms with Crippen molar-refractivity contribution in [1.29, 1.82) is 0 Å². The molecule has 98 valence electrons. The Morgan fingerprint density at radius 2 is 1.89 bits per heavy atom. The number of Topliss-reactive ketones (excluding diaryl/α,β-unsaturated/α-hetero) is 1. The van der Waals surface area contributed by atoms with Crippen LogP contribution in [0.3, 0.4) is 0 Å². The van der Waals surface area contributed by atoms with E-state index in [4.69, 9.17) is 11.6 Å². The second-order valence-corrected chi connectivity index (χ2v) is 5.26. The van der Waals surface area contributed by atoms with E-state index in [1.165, 1.54) is 0 Å². The predicted octanol–water partition coefficient (Wildman–Crippen LogP) is 4.73. The fourth-order valence-corrected chi connectivity index (χ4v) is 2.09. The third kappa shape index (κ3) is 3.02. The van der Waals surface area contributed by atoms with Crippen molar-refractivity contribution >= 4 is 17.4 Å². The van der Waals surface area contributed by atoms with E-state index in [1.807, 2.05) is 30.3 Å². The number of halogens is 1. The predicted molar refractivity (Wildman–Crippen MR) is 78.8 cm³/mol. The molecule has 0 radical (unpaired) electrons. The molecule has 0 bridgehead atoms. The Balaban J connectivity index is 2.63. The molecule has 2 nitrogen and oxygen atoms in total. The molecular weight excluding hydrogens is 258 g/mol. The summed E-state index contributed by atoms with van der Waals surface area (Å²) in [4.78, 5) is 16.2. The van der Waals surface area contributed by atoms with Crippen LogP contribution in [0.1, 0.15) is 42.7 Å².